The van der Waals surface area contributed by atoms with Crippen LogP contribution in [0, 0.1) is 0 Å². The molecular formula is C31H37N3O6. The third kappa shape index (κ3) is 4.67. The van der Waals surface area contributed by atoms with Crippen molar-refractivity contribution in [3.8, 4) is 5.75 Å². The van der Waals surface area contributed by atoms with E-state index in [2.05, 4.69) is 4.90 Å². The molecule has 2 saturated heterocycles. The summed E-state index contributed by atoms with van der Waals surface area (Å²) in [5.41, 5.74) is -0.366. The number of benzene rings is 2. The monoisotopic (exact) mass is 547 g/mol. The molecule has 2 aromatic rings. The molecule has 0 saturated carbocycles. The third-order valence-corrected chi connectivity index (χ3v) is 7.82. The van der Waals surface area contributed by atoms with Crippen molar-refractivity contribution in [1.29, 1.82) is 0 Å². The molecule has 2 amide bonds. The van der Waals surface area contributed by atoms with Gasteiger partial charge in [0.15, 0.2) is 5.54 Å². The first-order chi connectivity index (χ1) is 19.4. The van der Waals surface area contributed by atoms with Crippen LogP contribution in [0.1, 0.15) is 44.2 Å². The van der Waals surface area contributed by atoms with Crippen molar-refractivity contribution >= 4 is 29.0 Å². The Bertz CT molecular complexity index is 1300. The number of ether oxygens (including phenoxy) is 2. The minimum absolute atomic E-state index is 0.179. The van der Waals surface area contributed by atoms with Gasteiger partial charge in [0.1, 0.15) is 11.5 Å². The first-order valence-corrected chi connectivity index (χ1v) is 14.2. The van der Waals surface area contributed by atoms with Crippen molar-refractivity contribution in [2.45, 2.75) is 38.6 Å². The van der Waals surface area contributed by atoms with Gasteiger partial charge in [0.25, 0.3) is 17.6 Å². The van der Waals surface area contributed by atoms with Crippen molar-refractivity contribution < 1.29 is 29.0 Å². The van der Waals surface area contributed by atoms with E-state index >= 15 is 0 Å². The number of hydrogen-bond donors (Lipinski definition) is 1. The fraction of sp³-hybridized carbons (Fsp3) is 0.452. The van der Waals surface area contributed by atoms with Gasteiger partial charge in [-0.3, -0.25) is 19.3 Å². The Hall–Kier alpha value is -3.69. The summed E-state index contributed by atoms with van der Waals surface area (Å²) in [6.07, 6.45) is 2.12. The molecule has 212 valence electrons. The Labute approximate surface area is 235 Å². The maximum Gasteiger partial charge on any atom is 0.296 e. The van der Waals surface area contributed by atoms with Crippen molar-refractivity contribution in [3.63, 3.8) is 0 Å². The second-order valence-corrected chi connectivity index (χ2v) is 10.4. The van der Waals surface area contributed by atoms with E-state index < -0.39 is 17.2 Å². The van der Waals surface area contributed by atoms with Gasteiger partial charge >= 0.3 is 0 Å². The maximum atomic E-state index is 14.4. The average molecular weight is 548 g/mol. The van der Waals surface area contributed by atoms with Crippen LogP contribution >= 0.6 is 0 Å². The molecule has 1 spiro atoms. The number of anilines is 1. The number of hydrogen-bond acceptors (Lipinski definition) is 7. The molecule has 3 aliphatic rings. The predicted octanol–water partition coefficient (Wildman–Crippen LogP) is 3.53. The highest BCUT2D eigenvalue weighted by molar-refractivity contribution is 6.50. The summed E-state index contributed by atoms with van der Waals surface area (Å²) in [5, 5.41) is 11.7. The smallest absolute Gasteiger partial charge is 0.296 e. The highest BCUT2D eigenvalue weighted by Gasteiger charge is 2.66. The quantitative estimate of drug-likeness (QED) is 0.276. The van der Waals surface area contributed by atoms with Gasteiger partial charge in [0.05, 0.1) is 31.1 Å². The Balaban J connectivity index is 1.60. The molecule has 40 heavy (non-hydrogen) atoms. The van der Waals surface area contributed by atoms with Gasteiger partial charge in [0, 0.05) is 43.9 Å². The van der Waals surface area contributed by atoms with Crippen molar-refractivity contribution in [2.75, 3.05) is 57.4 Å². The van der Waals surface area contributed by atoms with E-state index in [1.165, 1.54) is 4.90 Å². The zero-order valence-electron chi connectivity index (χ0n) is 23.2. The lowest BCUT2D eigenvalue weighted by atomic mass is 9.82. The lowest BCUT2D eigenvalue weighted by Crippen LogP contribution is -2.52. The molecule has 1 N–H and O–H groups in total. The molecule has 0 radical (unpaired) electrons. The fourth-order valence-corrected chi connectivity index (χ4v) is 5.96. The normalized spacial score (nSPS) is 22.4. The zero-order valence-corrected chi connectivity index (χ0v) is 23.2. The second kappa shape index (κ2) is 11.8. The van der Waals surface area contributed by atoms with Crippen LogP contribution in [-0.2, 0) is 24.7 Å². The summed E-state index contributed by atoms with van der Waals surface area (Å²) >= 11 is 0. The number of nitrogens with zero attached hydrogens (tertiary/aromatic N) is 3. The summed E-state index contributed by atoms with van der Waals surface area (Å²) in [4.78, 5) is 47.2. The van der Waals surface area contributed by atoms with Gasteiger partial charge in [-0.15, -0.1) is 0 Å². The van der Waals surface area contributed by atoms with E-state index in [0.29, 0.717) is 68.3 Å². The molecule has 2 fully saturated rings. The predicted molar refractivity (Wildman–Crippen MR) is 151 cm³/mol. The van der Waals surface area contributed by atoms with E-state index in [1.807, 2.05) is 26.0 Å². The molecule has 3 aliphatic heterocycles. The SMILES string of the molecule is CCCOc1ccc(/C(O)=C2/C(=O)C(=O)N(CCCN3CCOCC3)C23C(=O)N(CCC)c2ccccc23)cc1. The molecule has 9 nitrogen and oxygen atoms in total. The lowest BCUT2D eigenvalue weighted by Gasteiger charge is -2.35. The van der Waals surface area contributed by atoms with E-state index in [1.54, 1.807) is 41.3 Å². The third-order valence-electron chi connectivity index (χ3n) is 7.82. The highest BCUT2D eigenvalue weighted by Crippen LogP contribution is 2.53. The van der Waals surface area contributed by atoms with Crippen molar-refractivity contribution in [3.05, 3.63) is 65.2 Å². The van der Waals surface area contributed by atoms with Gasteiger partial charge in [-0.25, -0.2) is 0 Å². The number of amides is 2. The summed E-state index contributed by atoms with van der Waals surface area (Å²) in [6.45, 7) is 8.79. The Kier molecular flexibility index (Phi) is 8.23. The molecule has 5 rings (SSSR count). The largest absolute Gasteiger partial charge is 0.507 e. The molecule has 0 aliphatic carbocycles. The van der Waals surface area contributed by atoms with Gasteiger partial charge < -0.3 is 24.4 Å². The first kappa shape index (κ1) is 27.9. The van der Waals surface area contributed by atoms with Gasteiger partial charge in [-0.1, -0.05) is 32.0 Å². The van der Waals surface area contributed by atoms with Gasteiger partial charge in [-0.05, 0) is 49.6 Å². The number of carbonyl (C=O) groups is 3. The number of para-hydroxylation sites is 1. The van der Waals surface area contributed by atoms with Crippen LogP contribution in [0.3, 0.4) is 0 Å². The number of likely N-dealkylation sites (tertiary alicyclic amines) is 1. The van der Waals surface area contributed by atoms with Gasteiger partial charge in [0.2, 0.25) is 0 Å². The molecule has 1 unspecified atom stereocenters. The number of ketones is 1. The summed E-state index contributed by atoms with van der Waals surface area (Å²) in [5.74, 6) is -1.74. The van der Waals surface area contributed by atoms with Gasteiger partial charge in [-0.2, -0.15) is 0 Å². The number of fused-ring (bicyclic) bond motifs is 2. The van der Waals surface area contributed by atoms with Crippen LogP contribution in [0.4, 0.5) is 5.69 Å². The standard InChI is InChI=1S/C31H37N3O6/c1-3-14-33-25-9-6-5-8-24(25)31(30(33)38)26(27(35)22-10-12-23(13-11-22)40-19-4-2)28(36)29(37)34(31)16-7-15-32-17-20-39-21-18-32/h5-6,8-13,35H,3-4,7,14-21H2,1-2H3/b27-26+. The van der Waals surface area contributed by atoms with E-state index in [0.717, 1.165) is 19.5 Å². The van der Waals surface area contributed by atoms with E-state index in [4.69, 9.17) is 9.47 Å². The molecule has 9 heteroatoms. The first-order valence-electron chi connectivity index (χ1n) is 14.2. The van der Waals surface area contributed by atoms with E-state index in [-0.39, 0.29) is 23.8 Å². The Morgan fingerprint density at radius 1 is 0.950 bits per heavy atom. The molecule has 1 atom stereocenters. The number of morpholine rings is 1. The van der Waals surface area contributed by atoms with Crippen LogP contribution in [0.25, 0.3) is 5.76 Å². The summed E-state index contributed by atoms with van der Waals surface area (Å²) < 4.78 is 11.1. The number of aliphatic hydroxyl groups is 1. The number of rotatable bonds is 10. The molecule has 2 aromatic carbocycles. The minimum Gasteiger partial charge on any atom is -0.507 e. The Morgan fingerprint density at radius 2 is 1.68 bits per heavy atom. The molecule has 0 bridgehead atoms. The van der Waals surface area contributed by atoms with Crippen LogP contribution in [0.2, 0.25) is 0 Å². The van der Waals surface area contributed by atoms with Crippen molar-refractivity contribution in [1.82, 2.24) is 9.80 Å². The van der Waals surface area contributed by atoms with Crippen LogP contribution < -0.4 is 9.64 Å². The second-order valence-electron chi connectivity index (χ2n) is 10.4. The van der Waals surface area contributed by atoms with Crippen LogP contribution in [0.5, 0.6) is 5.75 Å². The van der Waals surface area contributed by atoms with Crippen molar-refractivity contribution in [2.24, 2.45) is 0 Å². The Morgan fingerprint density at radius 3 is 2.38 bits per heavy atom. The highest BCUT2D eigenvalue weighted by atomic mass is 16.5. The maximum absolute atomic E-state index is 14.4. The summed E-state index contributed by atoms with van der Waals surface area (Å²) in [6, 6.07) is 14.0. The summed E-state index contributed by atoms with van der Waals surface area (Å²) in [7, 11) is 0. The fourth-order valence-electron chi connectivity index (χ4n) is 5.96. The van der Waals surface area contributed by atoms with Crippen LogP contribution in [0.15, 0.2) is 54.1 Å². The molecular weight excluding hydrogens is 510 g/mol. The minimum atomic E-state index is -1.73. The topological polar surface area (TPSA) is 99.6 Å². The van der Waals surface area contributed by atoms with E-state index in [9.17, 15) is 19.5 Å². The molecule has 0 aromatic heterocycles. The lowest BCUT2D eigenvalue weighted by molar-refractivity contribution is -0.143. The molecule has 3 heterocycles. The number of Topliss-reactive ketones (excluding diaryl/α,β-unsaturated/α-hetero) is 1. The number of aliphatic hydroxyl groups excluding tert-OH is 1. The van der Waals surface area contributed by atoms with Crippen LogP contribution in [-0.4, -0.2) is 85.0 Å². The average Bonchev–Trinajstić information content (AvgIpc) is 3.35. The zero-order chi connectivity index (χ0) is 28.3. The number of carbonyl (C=O) groups excluding carboxylic acids is 3.